The maximum absolute atomic E-state index is 10.9. The van der Waals surface area contributed by atoms with Gasteiger partial charge in [-0.05, 0) is 25.0 Å². The van der Waals surface area contributed by atoms with E-state index in [-0.39, 0.29) is 29.2 Å². The number of aliphatic hydroxyl groups is 1. The molecule has 0 fully saturated rings. The molecule has 2 atom stereocenters. The Morgan fingerprint density at radius 1 is 1.50 bits per heavy atom. The first kappa shape index (κ1) is 15.1. The lowest BCUT2D eigenvalue weighted by Crippen LogP contribution is -2.33. The highest BCUT2D eigenvalue weighted by Crippen LogP contribution is 2.23. The highest BCUT2D eigenvalue weighted by Gasteiger charge is 2.16. The number of hydrogen-bond acceptors (Lipinski definition) is 4. The van der Waals surface area contributed by atoms with Gasteiger partial charge in [-0.25, -0.2) is 0 Å². The van der Waals surface area contributed by atoms with Gasteiger partial charge in [-0.1, -0.05) is 22.9 Å². The minimum absolute atomic E-state index is 0.0913. The molecule has 1 rings (SSSR count). The first-order valence-corrected chi connectivity index (χ1v) is 6.52. The lowest BCUT2D eigenvalue weighted by molar-refractivity contribution is -0.385. The minimum atomic E-state index is -0.385. The summed E-state index contributed by atoms with van der Waals surface area (Å²) in [6.45, 7) is 4.37. The van der Waals surface area contributed by atoms with Crippen LogP contribution in [-0.4, -0.2) is 22.7 Å². The van der Waals surface area contributed by atoms with Crippen molar-refractivity contribution in [2.24, 2.45) is 5.92 Å². The Bertz CT molecular complexity index is 426. The van der Waals surface area contributed by atoms with Gasteiger partial charge < -0.3 is 10.4 Å². The van der Waals surface area contributed by atoms with E-state index >= 15 is 0 Å². The molecule has 0 saturated carbocycles. The number of halogens is 1. The largest absolute Gasteiger partial charge is 0.396 e. The van der Waals surface area contributed by atoms with Gasteiger partial charge in [0.15, 0.2) is 0 Å². The maximum Gasteiger partial charge on any atom is 0.273 e. The number of nitro groups is 1. The molecule has 18 heavy (non-hydrogen) atoms. The fraction of sp³-hybridized carbons (Fsp3) is 0.500. The predicted molar refractivity (Wildman–Crippen MR) is 73.3 cm³/mol. The Morgan fingerprint density at radius 2 is 2.17 bits per heavy atom. The molecule has 0 heterocycles. The van der Waals surface area contributed by atoms with Crippen molar-refractivity contribution in [3.8, 4) is 0 Å². The van der Waals surface area contributed by atoms with E-state index in [0.717, 1.165) is 4.47 Å². The molecule has 0 radical (unpaired) electrons. The fourth-order valence-corrected chi connectivity index (χ4v) is 1.91. The average molecular weight is 317 g/mol. The minimum Gasteiger partial charge on any atom is -0.396 e. The molecule has 0 aliphatic rings. The highest BCUT2D eigenvalue weighted by atomic mass is 79.9. The van der Waals surface area contributed by atoms with E-state index in [1.807, 2.05) is 13.8 Å². The van der Waals surface area contributed by atoms with Crippen molar-refractivity contribution in [2.75, 3.05) is 6.61 Å². The van der Waals surface area contributed by atoms with Crippen LogP contribution in [-0.2, 0) is 6.54 Å². The molecule has 0 aliphatic heterocycles. The van der Waals surface area contributed by atoms with Crippen molar-refractivity contribution in [3.05, 3.63) is 38.3 Å². The number of aliphatic hydroxyl groups excluding tert-OH is 1. The van der Waals surface area contributed by atoms with Gasteiger partial charge >= 0.3 is 0 Å². The van der Waals surface area contributed by atoms with Crippen molar-refractivity contribution in [2.45, 2.75) is 26.4 Å². The molecule has 100 valence electrons. The van der Waals surface area contributed by atoms with Crippen molar-refractivity contribution in [1.29, 1.82) is 0 Å². The Balaban J connectivity index is 2.77. The molecule has 1 aromatic rings. The van der Waals surface area contributed by atoms with E-state index in [2.05, 4.69) is 21.2 Å². The third kappa shape index (κ3) is 4.04. The van der Waals surface area contributed by atoms with Crippen LogP contribution in [0.1, 0.15) is 19.4 Å². The topological polar surface area (TPSA) is 75.4 Å². The summed E-state index contributed by atoms with van der Waals surface area (Å²) in [5, 5.41) is 23.1. The van der Waals surface area contributed by atoms with Crippen LogP contribution in [0.2, 0.25) is 0 Å². The quantitative estimate of drug-likeness (QED) is 0.624. The summed E-state index contributed by atoms with van der Waals surface area (Å²) in [6.07, 6.45) is 0. The van der Waals surface area contributed by atoms with Crippen LogP contribution < -0.4 is 5.32 Å². The van der Waals surface area contributed by atoms with E-state index in [4.69, 9.17) is 5.11 Å². The molecule has 1 aromatic carbocycles. The average Bonchev–Trinajstić information content (AvgIpc) is 2.34. The SMILES string of the molecule is CC(CO)C(C)NCc1cc(Br)ccc1[N+](=O)[O-]. The molecule has 2 unspecified atom stereocenters. The first-order chi connectivity index (χ1) is 8.45. The van der Waals surface area contributed by atoms with Gasteiger partial charge in [0, 0.05) is 35.3 Å². The standard InChI is InChI=1S/C12H17BrN2O3/c1-8(7-16)9(2)14-6-10-5-11(13)3-4-12(10)15(17)18/h3-5,8-9,14,16H,6-7H2,1-2H3. The second-order valence-corrected chi connectivity index (χ2v) is 5.28. The van der Waals surface area contributed by atoms with Crippen LogP contribution in [0.25, 0.3) is 0 Å². The van der Waals surface area contributed by atoms with Crippen molar-refractivity contribution in [3.63, 3.8) is 0 Å². The highest BCUT2D eigenvalue weighted by molar-refractivity contribution is 9.10. The van der Waals surface area contributed by atoms with Crippen molar-refractivity contribution in [1.82, 2.24) is 5.32 Å². The number of nitrogens with zero attached hydrogens (tertiary/aromatic N) is 1. The summed E-state index contributed by atoms with van der Waals surface area (Å²) in [7, 11) is 0. The lowest BCUT2D eigenvalue weighted by atomic mass is 10.0. The van der Waals surface area contributed by atoms with E-state index in [1.165, 1.54) is 6.07 Å². The Morgan fingerprint density at radius 3 is 2.72 bits per heavy atom. The maximum atomic E-state index is 10.9. The van der Waals surface area contributed by atoms with E-state index < -0.39 is 0 Å². The Hall–Kier alpha value is -0.980. The number of nitrogens with one attached hydrogen (secondary N) is 1. The number of benzene rings is 1. The van der Waals surface area contributed by atoms with Crippen LogP contribution in [0.4, 0.5) is 5.69 Å². The molecule has 6 heteroatoms. The van der Waals surface area contributed by atoms with Crippen LogP contribution >= 0.6 is 15.9 Å². The van der Waals surface area contributed by atoms with Gasteiger partial charge in [-0.2, -0.15) is 0 Å². The molecule has 0 saturated heterocycles. The smallest absolute Gasteiger partial charge is 0.273 e. The zero-order chi connectivity index (χ0) is 13.7. The van der Waals surface area contributed by atoms with Gasteiger partial charge in [-0.3, -0.25) is 10.1 Å². The van der Waals surface area contributed by atoms with Crippen LogP contribution in [0, 0.1) is 16.0 Å². The zero-order valence-electron chi connectivity index (χ0n) is 10.4. The second kappa shape index (κ2) is 6.82. The molecule has 0 aromatic heterocycles. The summed E-state index contributed by atoms with van der Waals surface area (Å²) in [6, 6.07) is 4.97. The third-order valence-corrected chi connectivity index (χ3v) is 3.49. The van der Waals surface area contributed by atoms with Crippen LogP contribution in [0.15, 0.2) is 22.7 Å². The Labute approximate surface area is 114 Å². The van der Waals surface area contributed by atoms with Gasteiger partial charge in [0.2, 0.25) is 0 Å². The van der Waals surface area contributed by atoms with Gasteiger partial charge in [0.25, 0.3) is 5.69 Å². The molecular weight excluding hydrogens is 300 g/mol. The summed E-state index contributed by atoms with van der Waals surface area (Å²) in [5.74, 6) is 0.108. The van der Waals surface area contributed by atoms with E-state index in [9.17, 15) is 10.1 Å². The van der Waals surface area contributed by atoms with E-state index in [1.54, 1.807) is 12.1 Å². The Kier molecular flexibility index (Phi) is 5.71. The number of hydrogen-bond donors (Lipinski definition) is 2. The summed E-state index contributed by atoms with van der Waals surface area (Å²) in [5.41, 5.74) is 0.737. The molecule has 5 nitrogen and oxygen atoms in total. The molecule has 0 aliphatic carbocycles. The predicted octanol–water partition coefficient (Wildman–Crippen LogP) is 2.46. The number of nitro benzene ring substituents is 1. The number of rotatable bonds is 6. The van der Waals surface area contributed by atoms with Gasteiger partial charge in [-0.15, -0.1) is 0 Å². The van der Waals surface area contributed by atoms with E-state index in [0.29, 0.717) is 12.1 Å². The van der Waals surface area contributed by atoms with Crippen LogP contribution in [0.3, 0.4) is 0 Å². The lowest BCUT2D eigenvalue weighted by Gasteiger charge is -2.19. The summed E-state index contributed by atoms with van der Waals surface area (Å²) >= 11 is 3.30. The monoisotopic (exact) mass is 316 g/mol. The normalized spacial score (nSPS) is 14.2. The molecule has 0 bridgehead atoms. The summed E-state index contributed by atoms with van der Waals surface area (Å²) < 4.78 is 0.813. The van der Waals surface area contributed by atoms with Crippen LogP contribution in [0.5, 0.6) is 0 Å². The second-order valence-electron chi connectivity index (χ2n) is 4.36. The first-order valence-electron chi connectivity index (χ1n) is 5.72. The fourth-order valence-electron chi connectivity index (χ4n) is 1.50. The zero-order valence-corrected chi connectivity index (χ0v) is 12.0. The third-order valence-electron chi connectivity index (χ3n) is 2.99. The van der Waals surface area contributed by atoms with Gasteiger partial charge in [0.1, 0.15) is 0 Å². The summed E-state index contributed by atoms with van der Waals surface area (Å²) in [4.78, 5) is 10.5. The molecule has 0 spiro atoms. The molecule has 0 amide bonds. The van der Waals surface area contributed by atoms with Crippen molar-refractivity contribution >= 4 is 21.6 Å². The molecule has 2 N–H and O–H groups in total. The van der Waals surface area contributed by atoms with Crippen molar-refractivity contribution < 1.29 is 10.0 Å². The van der Waals surface area contributed by atoms with Gasteiger partial charge in [0.05, 0.1) is 4.92 Å². The molecular formula is C12H17BrN2O3.